The molecule has 2 aromatic rings. The van der Waals surface area contributed by atoms with Gasteiger partial charge in [-0.15, -0.1) is 0 Å². The molecule has 4 rings (SSSR count). The fourth-order valence-electron chi connectivity index (χ4n) is 4.53. The predicted molar refractivity (Wildman–Crippen MR) is 112 cm³/mol. The highest BCUT2D eigenvalue weighted by molar-refractivity contribution is 6.01. The molecule has 2 aliphatic rings. The molecule has 0 aliphatic carbocycles. The second-order valence-corrected chi connectivity index (χ2v) is 7.72. The second kappa shape index (κ2) is 7.73. The Labute approximate surface area is 162 Å². The summed E-state index contributed by atoms with van der Waals surface area (Å²) in [6, 6.07) is 19.1. The number of carbonyl (C=O) groups excluding carboxylic acids is 1. The number of carbonyl (C=O) groups is 1. The van der Waals surface area contributed by atoms with Crippen molar-refractivity contribution < 1.29 is 4.79 Å². The molecule has 2 heterocycles. The summed E-state index contributed by atoms with van der Waals surface area (Å²) in [5, 5.41) is 0. The Kier molecular flexibility index (Phi) is 5.17. The molecule has 142 valence electrons. The normalized spacial score (nSPS) is 21.6. The number of benzene rings is 2. The molecule has 0 bridgehead atoms. The van der Waals surface area contributed by atoms with Crippen LogP contribution in [0.5, 0.6) is 0 Å². The highest BCUT2D eigenvalue weighted by Gasteiger charge is 2.34. The van der Waals surface area contributed by atoms with Gasteiger partial charge in [-0.2, -0.15) is 0 Å². The van der Waals surface area contributed by atoms with Crippen LogP contribution < -0.4 is 9.80 Å². The molecule has 2 aromatic carbocycles. The molecular weight excluding hydrogens is 334 g/mol. The van der Waals surface area contributed by atoms with Gasteiger partial charge in [-0.1, -0.05) is 36.8 Å². The number of piperidine rings is 1. The van der Waals surface area contributed by atoms with Gasteiger partial charge in [0.2, 0.25) is 5.91 Å². The number of hydrogen-bond donors (Lipinski definition) is 0. The average molecular weight is 364 g/mol. The van der Waals surface area contributed by atoms with Gasteiger partial charge in [0, 0.05) is 24.8 Å². The third-order valence-electron chi connectivity index (χ3n) is 6.05. The van der Waals surface area contributed by atoms with E-state index in [0.29, 0.717) is 6.04 Å². The van der Waals surface area contributed by atoms with E-state index in [1.165, 1.54) is 24.9 Å². The molecule has 2 atom stereocenters. The standard InChI is InChI=1S/C23H29N3O/c1-18-10-8-9-15-24(18)19(2)23(27)26-17-16-25(20-11-4-3-5-12-20)21-13-6-7-14-22(21)26/h3-7,11-14,18-19H,8-10,15-17H2,1-2H3/t18-,19?/m1/s1. The molecule has 0 N–H and O–H groups in total. The van der Waals surface area contributed by atoms with Crippen LogP contribution in [0.3, 0.4) is 0 Å². The topological polar surface area (TPSA) is 26.8 Å². The lowest BCUT2D eigenvalue weighted by Gasteiger charge is -2.42. The first kappa shape index (κ1) is 18.1. The van der Waals surface area contributed by atoms with Crippen molar-refractivity contribution in [3.05, 3.63) is 54.6 Å². The summed E-state index contributed by atoms with van der Waals surface area (Å²) in [4.78, 5) is 20.1. The van der Waals surface area contributed by atoms with Crippen molar-refractivity contribution in [2.75, 3.05) is 29.4 Å². The summed E-state index contributed by atoms with van der Waals surface area (Å²) in [7, 11) is 0. The maximum absolute atomic E-state index is 13.4. The highest BCUT2D eigenvalue weighted by Crippen LogP contribution is 2.38. The van der Waals surface area contributed by atoms with Crippen molar-refractivity contribution in [1.82, 2.24) is 4.90 Å². The minimum Gasteiger partial charge on any atom is -0.338 e. The molecule has 4 nitrogen and oxygen atoms in total. The van der Waals surface area contributed by atoms with E-state index in [9.17, 15) is 4.79 Å². The molecule has 1 unspecified atom stereocenters. The largest absolute Gasteiger partial charge is 0.338 e. The Morgan fingerprint density at radius 2 is 1.63 bits per heavy atom. The van der Waals surface area contributed by atoms with Gasteiger partial charge in [-0.05, 0) is 57.5 Å². The highest BCUT2D eigenvalue weighted by atomic mass is 16.2. The fourth-order valence-corrected chi connectivity index (χ4v) is 4.53. The maximum atomic E-state index is 13.4. The van der Waals surface area contributed by atoms with Crippen LogP contribution in [0.15, 0.2) is 54.6 Å². The molecule has 2 aliphatic heterocycles. The van der Waals surface area contributed by atoms with Crippen LogP contribution >= 0.6 is 0 Å². The van der Waals surface area contributed by atoms with Crippen molar-refractivity contribution >= 4 is 23.0 Å². The van der Waals surface area contributed by atoms with E-state index in [1.54, 1.807) is 0 Å². The lowest BCUT2D eigenvalue weighted by Crippen LogP contribution is -2.54. The number of anilines is 3. The average Bonchev–Trinajstić information content (AvgIpc) is 2.73. The van der Waals surface area contributed by atoms with E-state index in [4.69, 9.17) is 0 Å². The first-order chi connectivity index (χ1) is 13.2. The third kappa shape index (κ3) is 3.46. The number of likely N-dealkylation sites (tertiary alicyclic amines) is 1. The number of nitrogens with zero attached hydrogens (tertiary/aromatic N) is 3. The van der Waals surface area contributed by atoms with E-state index in [0.717, 1.165) is 31.0 Å². The van der Waals surface area contributed by atoms with Crippen LogP contribution in [0.2, 0.25) is 0 Å². The molecule has 1 fully saturated rings. The van der Waals surface area contributed by atoms with Crippen molar-refractivity contribution in [2.24, 2.45) is 0 Å². The summed E-state index contributed by atoms with van der Waals surface area (Å²) >= 11 is 0. The quantitative estimate of drug-likeness (QED) is 0.807. The Morgan fingerprint density at radius 1 is 0.926 bits per heavy atom. The van der Waals surface area contributed by atoms with Gasteiger partial charge >= 0.3 is 0 Å². The predicted octanol–water partition coefficient (Wildman–Crippen LogP) is 4.43. The van der Waals surface area contributed by atoms with Crippen LogP contribution in [0.4, 0.5) is 17.1 Å². The monoisotopic (exact) mass is 363 g/mol. The first-order valence-electron chi connectivity index (χ1n) is 10.2. The first-order valence-corrected chi connectivity index (χ1v) is 10.2. The van der Waals surface area contributed by atoms with E-state index in [2.05, 4.69) is 66.1 Å². The van der Waals surface area contributed by atoms with Gasteiger partial charge < -0.3 is 9.80 Å². The summed E-state index contributed by atoms with van der Waals surface area (Å²) in [5.41, 5.74) is 3.31. The van der Waals surface area contributed by atoms with Gasteiger partial charge in [0.15, 0.2) is 0 Å². The summed E-state index contributed by atoms with van der Waals surface area (Å²) in [6.07, 6.45) is 3.66. The lowest BCUT2D eigenvalue weighted by molar-refractivity contribution is -0.124. The minimum atomic E-state index is -0.0726. The number of fused-ring (bicyclic) bond motifs is 1. The van der Waals surface area contributed by atoms with Gasteiger partial charge in [-0.25, -0.2) is 0 Å². The maximum Gasteiger partial charge on any atom is 0.244 e. The SMILES string of the molecule is CC(C(=O)N1CCN(c2ccccc2)c2ccccc21)N1CCCC[C@H]1C. The smallest absolute Gasteiger partial charge is 0.244 e. The molecule has 1 saturated heterocycles. The van der Waals surface area contributed by atoms with Crippen molar-refractivity contribution in [1.29, 1.82) is 0 Å². The third-order valence-corrected chi connectivity index (χ3v) is 6.05. The van der Waals surface area contributed by atoms with E-state index in [-0.39, 0.29) is 11.9 Å². The summed E-state index contributed by atoms with van der Waals surface area (Å²) < 4.78 is 0. The van der Waals surface area contributed by atoms with Gasteiger partial charge in [0.1, 0.15) is 0 Å². The fraction of sp³-hybridized carbons (Fsp3) is 0.435. The van der Waals surface area contributed by atoms with Gasteiger partial charge in [0.25, 0.3) is 0 Å². The number of rotatable bonds is 3. The summed E-state index contributed by atoms with van der Waals surface area (Å²) in [6.45, 7) is 6.90. The van der Waals surface area contributed by atoms with Gasteiger partial charge in [0.05, 0.1) is 17.4 Å². The molecule has 27 heavy (non-hydrogen) atoms. The zero-order chi connectivity index (χ0) is 18.8. The van der Waals surface area contributed by atoms with E-state index in [1.807, 2.05) is 17.0 Å². The van der Waals surface area contributed by atoms with Crippen LogP contribution in [-0.2, 0) is 4.79 Å². The number of hydrogen-bond acceptors (Lipinski definition) is 3. The second-order valence-electron chi connectivity index (χ2n) is 7.72. The Balaban J connectivity index is 1.61. The van der Waals surface area contributed by atoms with Crippen LogP contribution in [0.1, 0.15) is 33.1 Å². The Bertz CT molecular complexity index is 791. The molecular formula is C23H29N3O. The molecule has 1 amide bonds. The Morgan fingerprint density at radius 3 is 2.37 bits per heavy atom. The van der Waals surface area contributed by atoms with Crippen molar-refractivity contribution in [3.63, 3.8) is 0 Å². The number of amides is 1. The van der Waals surface area contributed by atoms with Crippen LogP contribution in [0.25, 0.3) is 0 Å². The molecule has 4 heteroatoms. The van der Waals surface area contributed by atoms with Gasteiger partial charge in [-0.3, -0.25) is 9.69 Å². The minimum absolute atomic E-state index is 0.0726. The zero-order valence-corrected chi connectivity index (χ0v) is 16.3. The Hall–Kier alpha value is -2.33. The molecule has 0 saturated carbocycles. The van der Waals surface area contributed by atoms with E-state index < -0.39 is 0 Å². The van der Waals surface area contributed by atoms with Crippen LogP contribution in [-0.4, -0.2) is 42.5 Å². The molecule has 0 spiro atoms. The molecule has 0 aromatic heterocycles. The molecule has 0 radical (unpaired) electrons. The van der Waals surface area contributed by atoms with Crippen molar-refractivity contribution in [2.45, 2.75) is 45.2 Å². The summed E-state index contributed by atoms with van der Waals surface area (Å²) in [5.74, 6) is 0.226. The van der Waals surface area contributed by atoms with E-state index >= 15 is 0 Å². The number of para-hydroxylation sites is 3. The lowest BCUT2D eigenvalue weighted by atomic mass is 10.0. The van der Waals surface area contributed by atoms with Crippen LogP contribution in [0, 0.1) is 0 Å². The zero-order valence-electron chi connectivity index (χ0n) is 16.3. The van der Waals surface area contributed by atoms with Crippen molar-refractivity contribution in [3.8, 4) is 0 Å².